The molecule has 9 nitrogen and oxygen atoms in total. The number of aliphatic imine (C=N–C) groups is 1. The van der Waals surface area contributed by atoms with E-state index in [-0.39, 0.29) is 11.6 Å². The number of nitrogens with zero attached hydrogens (tertiary/aromatic N) is 4. The van der Waals surface area contributed by atoms with Crippen LogP contribution in [0, 0.1) is 6.92 Å². The molecule has 0 saturated heterocycles. The van der Waals surface area contributed by atoms with Crippen molar-refractivity contribution in [2.45, 2.75) is 19.6 Å². The lowest BCUT2D eigenvalue weighted by atomic mass is 10.2. The van der Waals surface area contributed by atoms with E-state index in [4.69, 9.17) is 10.3 Å². The highest BCUT2D eigenvalue weighted by atomic mass is 16.5. The number of hydrogen-bond acceptors (Lipinski definition) is 7. The number of H-pyrrole nitrogens is 1. The molecule has 4 N–H and O–H groups in total. The number of nitrogens with one attached hydrogen (secondary N) is 2. The number of anilines is 1. The molecule has 1 aliphatic heterocycles. The Morgan fingerprint density at radius 2 is 2.12 bits per heavy atom. The summed E-state index contributed by atoms with van der Waals surface area (Å²) in [5, 5.41) is 6.82. The maximum Gasteiger partial charge on any atom is 0.327 e. The summed E-state index contributed by atoms with van der Waals surface area (Å²) < 4.78 is 6.70. The van der Waals surface area contributed by atoms with Gasteiger partial charge in [-0.05, 0) is 12.5 Å². The molecule has 2 aromatic heterocycles. The molecule has 0 spiro atoms. The van der Waals surface area contributed by atoms with Crippen molar-refractivity contribution in [3.05, 3.63) is 63.8 Å². The summed E-state index contributed by atoms with van der Waals surface area (Å²) in [5.74, 6) is 1.62. The topological polar surface area (TPSA) is 127 Å². The highest BCUT2D eigenvalue weighted by Gasteiger charge is 2.27. The van der Waals surface area contributed by atoms with Crippen LogP contribution >= 0.6 is 0 Å². The SMILES string of the molecule is Cc1noc(C2=NC(N)c3[nH]c(=O)n(Cc4ccccc4)c3N2)n1. The number of aryl methyl sites for hydroxylation is 1. The zero-order valence-corrected chi connectivity index (χ0v) is 12.9. The quantitative estimate of drug-likeness (QED) is 0.652. The molecular weight excluding hydrogens is 310 g/mol. The third-order valence-electron chi connectivity index (χ3n) is 3.73. The summed E-state index contributed by atoms with van der Waals surface area (Å²) in [6.07, 6.45) is -0.715. The average Bonchev–Trinajstić information content (AvgIpc) is 3.14. The molecule has 3 aromatic rings. The van der Waals surface area contributed by atoms with Gasteiger partial charge in [-0.25, -0.2) is 9.79 Å². The van der Waals surface area contributed by atoms with E-state index in [0.29, 0.717) is 29.7 Å². The maximum absolute atomic E-state index is 12.3. The van der Waals surface area contributed by atoms with Crippen molar-refractivity contribution in [1.82, 2.24) is 19.7 Å². The summed E-state index contributed by atoms with van der Waals surface area (Å²) in [7, 11) is 0. The van der Waals surface area contributed by atoms with E-state index in [9.17, 15) is 4.79 Å². The van der Waals surface area contributed by atoms with E-state index in [0.717, 1.165) is 5.56 Å². The zero-order chi connectivity index (χ0) is 16.7. The molecule has 0 aliphatic carbocycles. The molecule has 1 atom stereocenters. The van der Waals surface area contributed by atoms with Gasteiger partial charge in [0.1, 0.15) is 17.7 Å². The van der Waals surface area contributed by atoms with Gasteiger partial charge in [-0.2, -0.15) is 4.98 Å². The number of benzene rings is 1. The van der Waals surface area contributed by atoms with Gasteiger partial charge in [0.2, 0.25) is 0 Å². The monoisotopic (exact) mass is 325 g/mol. The maximum atomic E-state index is 12.3. The van der Waals surface area contributed by atoms with E-state index in [1.807, 2.05) is 30.3 Å². The molecule has 0 saturated carbocycles. The number of aromatic nitrogens is 4. The fourth-order valence-corrected chi connectivity index (χ4v) is 2.60. The normalized spacial score (nSPS) is 16.4. The average molecular weight is 325 g/mol. The Labute approximate surface area is 136 Å². The van der Waals surface area contributed by atoms with Crippen LogP contribution in [0.15, 0.2) is 44.6 Å². The van der Waals surface area contributed by atoms with Crippen LogP contribution < -0.4 is 16.7 Å². The van der Waals surface area contributed by atoms with Gasteiger partial charge in [0.25, 0.3) is 5.89 Å². The van der Waals surface area contributed by atoms with Crippen LogP contribution in [-0.2, 0) is 6.54 Å². The lowest BCUT2D eigenvalue weighted by molar-refractivity contribution is 0.405. The number of imidazole rings is 1. The summed E-state index contributed by atoms with van der Waals surface area (Å²) in [4.78, 5) is 23.5. The van der Waals surface area contributed by atoms with Gasteiger partial charge in [0.05, 0.1) is 6.54 Å². The Morgan fingerprint density at radius 1 is 1.33 bits per heavy atom. The van der Waals surface area contributed by atoms with E-state index < -0.39 is 6.17 Å². The second-order valence-corrected chi connectivity index (χ2v) is 5.46. The molecule has 4 rings (SSSR count). The second-order valence-electron chi connectivity index (χ2n) is 5.46. The molecule has 1 aliphatic rings. The van der Waals surface area contributed by atoms with Gasteiger partial charge in [-0.15, -0.1) is 0 Å². The molecule has 1 aromatic carbocycles. The first-order valence-corrected chi connectivity index (χ1v) is 7.39. The van der Waals surface area contributed by atoms with Gasteiger partial charge in [-0.3, -0.25) is 4.57 Å². The molecule has 9 heteroatoms. The van der Waals surface area contributed by atoms with E-state index in [1.54, 1.807) is 11.5 Å². The lowest BCUT2D eigenvalue weighted by Crippen LogP contribution is -2.27. The number of fused-ring (bicyclic) bond motifs is 1. The summed E-state index contributed by atoms with van der Waals surface area (Å²) >= 11 is 0. The molecule has 1 unspecified atom stereocenters. The standard InChI is InChI=1S/C15H15N7O2/c1-8-17-14(24-21-8)12-19-11(16)10-13(20-12)22(15(23)18-10)7-9-5-3-2-4-6-9/h2-6,11H,7,16H2,1H3,(H,18,23)(H,19,20). The fraction of sp³-hybridized carbons (Fsp3) is 0.200. The second kappa shape index (κ2) is 5.46. The minimum atomic E-state index is -0.715. The fourth-order valence-electron chi connectivity index (χ4n) is 2.60. The van der Waals surface area contributed by atoms with Crippen molar-refractivity contribution in [2.24, 2.45) is 10.7 Å². The first kappa shape index (κ1) is 14.4. The molecule has 0 radical (unpaired) electrons. The molecule has 0 amide bonds. The third-order valence-corrected chi connectivity index (χ3v) is 3.73. The van der Waals surface area contributed by atoms with Crippen molar-refractivity contribution in [3.63, 3.8) is 0 Å². The van der Waals surface area contributed by atoms with Crippen molar-refractivity contribution in [3.8, 4) is 0 Å². The first-order valence-electron chi connectivity index (χ1n) is 7.39. The van der Waals surface area contributed by atoms with Crippen molar-refractivity contribution in [2.75, 3.05) is 5.32 Å². The van der Waals surface area contributed by atoms with Gasteiger partial charge in [0.15, 0.2) is 11.7 Å². The Bertz CT molecular complexity index is 967. The summed E-state index contributed by atoms with van der Waals surface area (Å²) in [5.41, 5.74) is 7.32. The minimum absolute atomic E-state index is 0.230. The first-order chi connectivity index (χ1) is 11.6. The Balaban J connectivity index is 1.73. The van der Waals surface area contributed by atoms with E-state index in [1.165, 1.54) is 0 Å². The van der Waals surface area contributed by atoms with Gasteiger partial charge < -0.3 is 20.6 Å². The van der Waals surface area contributed by atoms with Crippen LogP contribution in [-0.4, -0.2) is 25.5 Å². The highest BCUT2D eigenvalue weighted by molar-refractivity contribution is 6.06. The van der Waals surface area contributed by atoms with Gasteiger partial charge >= 0.3 is 5.69 Å². The summed E-state index contributed by atoms with van der Waals surface area (Å²) in [6, 6.07) is 9.67. The lowest BCUT2D eigenvalue weighted by Gasteiger charge is -2.19. The number of rotatable bonds is 3. The number of nitrogens with two attached hydrogens (primary N) is 1. The minimum Gasteiger partial charge on any atom is -0.331 e. The number of amidine groups is 1. The van der Waals surface area contributed by atoms with Crippen LogP contribution in [0.1, 0.15) is 29.1 Å². The molecule has 3 heterocycles. The Kier molecular flexibility index (Phi) is 3.28. The predicted octanol–water partition coefficient (Wildman–Crippen LogP) is 0.746. The number of hydrogen-bond donors (Lipinski definition) is 3. The van der Waals surface area contributed by atoms with Crippen LogP contribution in [0.3, 0.4) is 0 Å². The highest BCUT2D eigenvalue weighted by Crippen LogP contribution is 2.25. The van der Waals surface area contributed by atoms with Gasteiger partial charge in [0, 0.05) is 0 Å². The smallest absolute Gasteiger partial charge is 0.327 e. The van der Waals surface area contributed by atoms with Crippen LogP contribution in [0.4, 0.5) is 5.82 Å². The van der Waals surface area contributed by atoms with Crippen molar-refractivity contribution < 1.29 is 4.52 Å². The third kappa shape index (κ3) is 2.40. The largest absolute Gasteiger partial charge is 0.331 e. The van der Waals surface area contributed by atoms with Gasteiger partial charge in [-0.1, -0.05) is 35.5 Å². The zero-order valence-electron chi connectivity index (χ0n) is 12.9. The van der Waals surface area contributed by atoms with Crippen LogP contribution in [0.25, 0.3) is 0 Å². The van der Waals surface area contributed by atoms with Crippen LogP contribution in [0.5, 0.6) is 0 Å². The summed E-state index contributed by atoms with van der Waals surface area (Å²) in [6.45, 7) is 2.12. The molecule has 0 bridgehead atoms. The van der Waals surface area contributed by atoms with E-state index >= 15 is 0 Å². The molecular formula is C15H15N7O2. The predicted molar refractivity (Wildman–Crippen MR) is 86.7 cm³/mol. The Hall–Kier alpha value is -3.20. The van der Waals surface area contributed by atoms with Crippen molar-refractivity contribution >= 4 is 11.7 Å². The molecule has 24 heavy (non-hydrogen) atoms. The van der Waals surface area contributed by atoms with Crippen molar-refractivity contribution in [1.29, 1.82) is 0 Å². The molecule has 122 valence electrons. The number of aromatic amines is 1. The van der Waals surface area contributed by atoms with E-state index in [2.05, 4.69) is 25.4 Å². The van der Waals surface area contributed by atoms with Crippen LogP contribution in [0.2, 0.25) is 0 Å². The Morgan fingerprint density at radius 3 is 2.83 bits per heavy atom. The molecule has 0 fully saturated rings.